The van der Waals surface area contributed by atoms with Gasteiger partial charge in [0, 0.05) is 34.6 Å². The van der Waals surface area contributed by atoms with E-state index in [1.165, 1.54) is 0 Å². The fourth-order valence-electron chi connectivity index (χ4n) is 7.88. The van der Waals surface area contributed by atoms with Crippen molar-refractivity contribution in [3.05, 3.63) is 142 Å². The van der Waals surface area contributed by atoms with Crippen LogP contribution in [0.15, 0.2) is 72.8 Å². The van der Waals surface area contributed by atoms with E-state index >= 15 is 0 Å². The van der Waals surface area contributed by atoms with Crippen LogP contribution in [0.1, 0.15) is 41.5 Å². The van der Waals surface area contributed by atoms with Crippen molar-refractivity contribution in [1.29, 1.82) is 0 Å². The molecular formula is C33H26F8P2. The van der Waals surface area contributed by atoms with Crippen molar-refractivity contribution in [2.45, 2.75) is 29.6 Å². The van der Waals surface area contributed by atoms with Crippen LogP contribution in [0, 0.1) is 70.2 Å². The Balaban J connectivity index is 1.68. The molecule has 4 aromatic carbocycles. The molecule has 0 N–H and O–H groups in total. The fraction of sp³-hybridized carbons (Fsp3) is 0.273. The molecule has 0 aliphatic heterocycles. The third kappa shape index (κ3) is 5.19. The van der Waals surface area contributed by atoms with Crippen molar-refractivity contribution in [2.75, 3.05) is 0 Å². The highest BCUT2D eigenvalue weighted by Crippen LogP contribution is 2.69. The molecule has 4 aromatic rings. The summed E-state index contributed by atoms with van der Waals surface area (Å²) >= 11 is 0. The Hall–Kier alpha value is -2.82. The Morgan fingerprint density at radius 1 is 0.395 bits per heavy atom. The van der Waals surface area contributed by atoms with Crippen LogP contribution < -0.4 is 0 Å². The van der Waals surface area contributed by atoms with Gasteiger partial charge in [0.05, 0.1) is 0 Å². The van der Waals surface area contributed by atoms with E-state index in [0.29, 0.717) is 43.5 Å². The molecule has 0 aromatic heterocycles. The van der Waals surface area contributed by atoms with Gasteiger partial charge >= 0.3 is 0 Å². The second-order valence-corrected chi connectivity index (χ2v) is 13.6. The molecule has 2 bridgehead atoms. The molecular weight excluding hydrogens is 610 g/mol. The maximum absolute atomic E-state index is 14.8. The molecule has 6 atom stereocenters. The molecule has 2 saturated carbocycles. The summed E-state index contributed by atoms with van der Waals surface area (Å²) in [5.41, 5.74) is 0.299. The number of halogens is 8. The molecule has 0 amide bonds. The zero-order valence-electron chi connectivity index (χ0n) is 22.5. The lowest BCUT2D eigenvalue weighted by molar-refractivity contribution is 0.153. The molecule has 2 aliphatic carbocycles. The zero-order valence-corrected chi connectivity index (χ0v) is 24.8. The van der Waals surface area contributed by atoms with Gasteiger partial charge in [-0.05, 0) is 114 Å². The smallest absolute Gasteiger partial charge is 0.126 e. The Morgan fingerprint density at radius 3 is 0.814 bits per heavy atom. The maximum Gasteiger partial charge on any atom is 0.126 e. The van der Waals surface area contributed by atoms with E-state index in [1.54, 1.807) is 0 Å². The van der Waals surface area contributed by atoms with Crippen molar-refractivity contribution in [3.8, 4) is 0 Å². The summed E-state index contributed by atoms with van der Waals surface area (Å²) in [4.78, 5) is 0. The standard InChI is InChI=1S/C33H26F8P2/c34-22-4-18(5-23(35)12-22)32(42,19-6-24(36)13-25(37)7-19)30-16-1-2-17(3-16)31(30)33(43,20-8-26(38)14-27(39)9-20)21-10-28(40)15-29(41)11-21/h4-17,30-31H,1-3,42-43H2/t16?,17?,30-,31-/m1/s1. The SMILES string of the molecule is Fc1cc(F)cc(C(P)(c2cc(F)cc(F)c2)[C@@H]2C3CCC(C3)[C@H]2C(P)(c2cc(F)cc(F)c2)c2cc(F)cc(F)c2)c1. The van der Waals surface area contributed by atoms with Crippen molar-refractivity contribution in [2.24, 2.45) is 23.7 Å². The second-order valence-electron chi connectivity index (χ2n) is 11.8. The van der Waals surface area contributed by atoms with Gasteiger partial charge in [-0.25, -0.2) is 35.1 Å². The first-order chi connectivity index (χ1) is 20.3. The number of benzene rings is 4. The summed E-state index contributed by atoms with van der Waals surface area (Å²) in [6, 6.07) is 11.5. The highest BCUT2D eigenvalue weighted by Gasteiger charge is 2.62. The van der Waals surface area contributed by atoms with Gasteiger partial charge in [0.2, 0.25) is 0 Å². The van der Waals surface area contributed by atoms with Gasteiger partial charge in [0.1, 0.15) is 46.5 Å². The number of hydrogen-bond donors (Lipinski definition) is 0. The van der Waals surface area contributed by atoms with Crippen LogP contribution in [0.25, 0.3) is 0 Å². The van der Waals surface area contributed by atoms with Gasteiger partial charge in [0.25, 0.3) is 0 Å². The lowest BCUT2D eigenvalue weighted by Crippen LogP contribution is -2.47. The highest BCUT2D eigenvalue weighted by molar-refractivity contribution is 7.19. The molecule has 4 unspecified atom stereocenters. The average Bonchev–Trinajstić information content (AvgIpc) is 3.52. The summed E-state index contributed by atoms with van der Waals surface area (Å²) in [5, 5.41) is -3.06. The van der Waals surface area contributed by atoms with Gasteiger partial charge in [-0.1, -0.05) is 0 Å². The van der Waals surface area contributed by atoms with Gasteiger partial charge in [-0.3, -0.25) is 0 Å². The molecule has 224 valence electrons. The van der Waals surface area contributed by atoms with Crippen LogP contribution in [0.3, 0.4) is 0 Å². The third-order valence-electron chi connectivity index (χ3n) is 9.33. The van der Waals surface area contributed by atoms with Crippen molar-refractivity contribution >= 4 is 18.5 Å². The van der Waals surface area contributed by atoms with E-state index in [4.69, 9.17) is 0 Å². The van der Waals surface area contributed by atoms with E-state index in [9.17, 15) is 35.1 Å². The van der Waals surface area contributed by atoms with Crippen LogP contribution in [0.2, 0.25) is 0 Å². The first kappa shape index (κ1) is 30.2. The normalized spacial score (nSPS) is 21.9. The molecule has 2 aliphatic rings. The summed E-state index contributed by atoms with van der Waals surface area (Å²) in [6.45, 7) is 0. The van der Waals surface area contributed by atoms with Gasteiger partial charge < -0.3 is 0 Å². The fourth-order valence-corrected chi connectivity index (χ4v) is 9.50. The van der Waals surface area contributed by atoms with Crippen LogP contribution in [0.5, 0.6) is 0 Å². The number of hydrogen-bond acceptors (Lipinski definition) is 0. The molecule has 10 heteroatoms. The maximum atomic E-state index is 14.8. The topological polar surface area (TPSA) is 0 Å². The van der Waals surface area contributed by atoms with Gasteiger partial charge in [0.15, 0.2) is 0 Å². The molecule has 2 fully saturated rings. The van der Waals surface area contributed by atoms with E-state index in [0.717, 1.165) is 48.5 Å². The zero-order chi connectivity index (χ0) is 30.8. The van der Waals surface area contributed by atoms with Gasteiger partial charge in [-0.2, -0.15) is 0 Å². The molecule has 0 heterocycles. The van der Waals surface area contributed by atoms with E-state index < -0.39 is 68.7 Å². The van der Waals surface area contributed by atoms with E-state index in [-0.39, 0.29) is 34.1 Å². The highest BCUT2D eigenvalue weighted by atomic mass is 31.0. The first-order valence-corrected chi connectivity index (χ1v) is 14.9. The molecule has 0 spiro atoms. The van der Waals surface area contributed by atoms with Crippen molar-refractivity contribution < 1.29 is 35.1 Å². The predicted molar refractivity (Wildman–Crippen MR) is 154 cm³/mol. The van der Waals surface area contributed by atoms with Crippen LogP contribution >= 0.6 is 18.5 Å². The first-order valence-electron chi connectivity index (χ1n) is 13.7. The predicted octanol–water partition coefficient (Wildman–Crippen LogP) is 9.40. The summed E-state index contributed by atoms with van der Waals surface area (Å²) < 4.78 is 118. The summed E-state index contributed by atoms with van der Waals surface area (Å²) in [5.74, 6) is -8.99. The minimum Gasteiger partial charge on any atom is -0.207 e. The van der Waals surface area contributed by atoms with Crippen molar-refractivity contribution in [1.82, 2.24) is 0 Å². The largest absolute Gasteiger partial charge is 0.207 e. The minimum atomic E-state index is -1.53. The molecule has 0 saturated heterocycles. The molecule has 43 heavy (non-hydrogen) atoms. The molecule has 0 radical (unpaired) electrons. The second kappa shape index (κ2) is 11.0. The quantitative estimate of drug-likeness (QED) is 0.146. The lowest BCUT2D eigenvalue weighted by atomic mass is 9.60. The average molecular weight is 637 g/mol. The molecule has 0 nitrogen and oxygen atoms in total. The summed E-state index contributed by atoms with van der Waals surface area (Å²) in [6.07, 6.45) is 1.90. The Morgan fingerprint density at radius 2 is 0.605 bits per heavy atom. The third-order valence-corrected chi connectivity index (χ3v) is 11.4. The van der Waals surface area contributed by atoms with Crippen molar-refractivity contribution in [3.63, 3.8) is 0 Å². The van der Waals surface area contributed by atoms with E-state index in [2.05, 4.69) is 18.5 Å². The van der Waals surface area contributed by atoms with Gasteiger partial charge in [-0.15, -0.1) is 18.5 Å². The summed E-state index contributed by atoms with van der Waals surface area (Å²) in [7, 11) is 5.15. The lowest BCUT2D eigenvalue weighted by Gasteiger charge is -2.52. The Labute approximate surface area is 248 Å². The number of rotatable bonds is 6. The van der Waals surface area contributed by atoms with E-state index in [1.807, 2.05) is 0 Å². The Bertz CT molecular complexity index is 1410. The van der Waals surface area contributed by atoms with Crippen LogP contribution in [-0.2, 0) is 10.3 Å². The van der Waals surface area contributed by atoms with Crippen LogP contribution in [-0.4, -0.2) is 0 Å². The number of fused-ring (bicyclic) bond motifs is 2. The van der Waals surface area contributed by atoms with Crippen LogP contribution in [0.4, 0.5) is 35.1 Å². The Kier molecular flexibility index (Phi) is 7.70. The monoisotopic (exact) mass is 636 g/mol. The minimum absolute atomic E-state index is 0.0748. The molecule has 6 rings (SSSR count).